The van der Waals surface area contributed by atoms with E-state index in [0.717, 1.165) is 0 Å². The zero-order valence-electron chi connectivity index (χ0n) is 21.2. The van der Waals surface area contributed by atoms with Crippen LogP contribution in [-0.2, 0) is 0 Å². The molecule has 0 saturated heterocycles. The molecule has 0 spiro atoms. The first-order valence-corrected chi connectivity index (χ1v) is 12.4. The van der Waals surface area contributed by atoms with Gasteiger partial charge in [0.25, 0.3) is 12.3 Å². The van der Waals surface area contributed by atoms with Crippen molar-refractivity contribution in [1.82, 2.24) is 14.7 Å². The second-order valence-electron chi connectivity index (χ2n) is 8.12. The average molecular weight is 548 g/mol. The van der Waals surface area contributed by atoms with Crippen LogP contribution in [0.2, 0.25) is 0 Å². The van der Waals surface area contributed by atoms with Gasteiger partial charge in [0.15, 0.2) is 11.5 Å². The highest BCUT2D eigenvalue weighted by Gasteiger charge is 2.23. The van der Waals surface area contributed by atoms with Crippen LogP contribution in [0.15, 0.2) is 72.0 Å². The van der Waals surface area contributed by atoms with Gasteiger partial charge in [-0.2, -0.15) is 5.26 Å². The molecule has 0 bridgehead atoms. The molecule has 0 fully saturated rings. The molecule has 0 aliphatic carbocycles. The van der Waals surface area contributed by atoms with E-state index in [1.54, 1.807) is 56.6 Å². The van der Waals surface area contributed by atoms with Crippen LogP contribution in [0.5, 0.6) is 17.4 Å². The van der Waals surface area contributed by atoms with Crippen LogP contribution in [0.1, 0.15) is 33.5 Å². The fraction of sp³-hybridized carbons (Fsp3) is 0.143. The van der Waals surface area contributed by atoms with E-state index >= 15 is 0 Å². The predicted molar refractivity (Wildman–Crippen MR) is 144 cm³/mol. The first-order valence-electron chi connectivity index (χ1n) is 11.6. The fourth-order valence-corrected chi connectivity index (χ4v) is 4.30. The van der Waals surface area contributed by atoms with Gasteiger partial charge < -0.3 is 14.8 Å². The third-order valence-electron chi connectivity index (χ3n) is 5.70. The summed E-state index contributed by atoms with van der Waals surface area (Å²) in [7, 11) is 3.19. The maximum Gasteiger partial charge on any atom is 0.263 e. The minimum atomic E-state index is -2.59. The van der Waals surface area contributed by atoms with Crippen LogP contribution in [0.4, 0.5) is 14.5 Å². The Morgan fingerprint density at radius 1 is 1.08 bits per heavy atom. The summed E-state index contributed by atoms with van der Waals surface area (Å²) in [6, 6.07) is 15.8. The number of nitrogens with one attached hydrogen (secondary N) is 2. The number of amides is 1. The Kier molecular flexibility index (Phi) is 8.70. The number of alkyl halides is 2. The van der Waals surface area contributed by atoms with Crippen molar-refractivity contribution in [2.24, 2.45) is 0 Å². The van der Waals surface area contributed by atoms with Gasteiger partial charge in [-0.15, -0.1) is 0 Å². The van der Waals surface area contributed by atoms with Gasteiger partial charge in [-0.25, -0.2) is 18.7 Å². The third kappa shape index (κ3) is 6.31. The summed E-state index contributed by atoms with van der Waals surface area (Å²) in [6.07, 6.45) is 0.493. The zero-order chi connectivity index (χ0) is 27.9. The number of carbonyl (C=O) groups is 1. The molecule has 2 N–H and O–H groups in total. The number of methoxy groups -OCH3 is 1. The lowest BCUT2D eigenvalue weighted by atomic mass is 9.97. The minimum absolute atomic E-state index is 0.000150. The first kappa shape index (κ1) is 27.5. The van der Waals surface area contributed by atoms with Crippen molar-refractivity contribution in [2.45, 2.75) is 18.4 Å². The highest BCUT2D eigenvalue weighted by atomic mass is 32.2. The lowest BCUT2D eigenvalue weighted by Gasteiger charge is -2.17. The molecule has 0 unspecified atom stereocenters. The molecule has 11 heteroatoms. The number of carbonyl (C=O) groups excluding carboxylic acids is 1. The Hall–Kier alpha value is -4.53. The number of rotatable bonds is 9. The molecule has 0 radical (unpaired) electrons. The summed E-state index contributed by atoms with van der Waals surface area (Å²) in [5, 5.41) is 12.7. The number of pyridine rings is 2. The Labute approximate surface area is 228 Å². The number of ether oxygens (including phenoxy) is 2. The Balaban J connectivity index is 1.79. The van der Waals surface area contributed by atoms with E-state index in [4.69, 9.17) is 9.47 Å². The van der Waals surface area contributed by atoms with E-state index in [-0.39, 0.29) is 28.5 Å². The molecular formula is C28H23F2N5O3S. The summed E-state index contributed by atoms with van der Waals surface area (Å²) >= 11 is 1.29. The largest absolute Gasteiger partial charge is 0.493 e. The van der Waals surface area contributed by atoms with Crippen molar-refractivity contribution in [2.75, 3.05) is 19.5 Å². The Bertz CT molecular complexity index is 1540. The van der Waals surface area contributed by atoms with E-state index in [1.807, 2.05) is 6.07 Å². The van der Waals surface area contributed by atoms with E-state index in [0.29, 0.717) is 33.0 Å². The summed E-state index contributed by atoms with van der Waals surface area (Å²) < 4.78 is 40.5. The number of nitrogens with zero attached hydrogens (tertiary/aromatic N) is 3. The van der Waals surface area contributed by atoms with Crippen molar-refractivity contribution < 1.29 is 23.0 Å². The van der Waals surface area contributed by atoms with Gasteiger partial charge in [0.2, 0.25) is 5.88 Å². The van der Waals surface area contributed by atoms with Gasteiger partial charge in [0.1, 0.15) is 10.6 Å². The van der Waals surface area contributed by atoms with Crippen LogP contribution in [0, 0.1) is 18.3 Å². The molecule has 39 heavy (non-hydrogen) atoms. The molecule has 198 valence electrons. The Morgan fingerprint density at radius 3 is 2.51 bits per heavy atom. The highest BCUT2D eigenvalue weighted by molar-refractivity contribution is 7.97. The van der Waals surface area contributed by atoms with Crippen LogP contribution >= 0.6 is 11.9 Å². The molecule has 0 aliphatic heterocycles. The number of halogens is 2. The lowest BCUT2D eigenvalue weighted by Crippen LogP contribution is -2.16. The summed E-state index contributed by atoms with van der Waals surface area (Å²) in [4.78, 5) is 22.3. The average Bonchev–Trinajstić information content (AvgIpc) is 2.94. The molecule has 4 rings (SSSR count). The third-order valence-corrected chi connectivity index (χ3v) is 6.34. The number of aromatic nitrogens is 2. The standard InChI is InChI=1S/C28H23F2N5O3S/c1-16-21(18-5-7-19(8-6-18)26(29)30)15-34-28(38-22-9-4-17(14-31)12-23(22)37-3)25(16)27(36)35-20-10-11-33-24(13-20)39-32-2/h4-13,15,26,32H,1-3H3,(H,33,35,36). The molecule has 0 saturated carbocycles. The van der Waals surface area contributed by atoms with Gasteiger partial charge in [-0.3, -0.25) is 9.52 Å². The first-order chi connectivity index (χ1) is 18.8. The maximum absolute atomic E-state index is 13.6. The van der Waals surface area contributed by atoms with Gasteiger partial charge >= 0.3 is 0 Å². The maximum atomic E-state index is 13.6. The van der Waals surface area contributed by atoms with Crippen molar-refractivity contribution in [1.29, 1.82) is 5.26 Å². The predicted octanol–water partition coefficient (Wildman–Crippen LogP) is 6.54. The SMILES string of the molecule is CNSc1cc(NC(=O)c2c(Oc3ccc(C#N)cc3OC)ncc(-c3ccc(C(F)F)cc3)c2C)ccn1. The van der Waals surface area contributed by atoms with Gasteiger partial charge in [-0.1, -0.05) is 24.3 Å². The van der Waals surface area contributed by atoms with Gasteiger partial charge in [-0.05, 0) is 61.3 Å². The number of anilines is 1. The van der Waals surface area contributed by atoms with E-state index in [1.165, 1.54) is 43.5 Å². The fourth-order valence-electron chi connectivity index (χ4n) is 3.79. The van der Waals surface area contributed by atoms with E-state index in [2.05, 4.69) is 20.0 Å². The number of nitriles is 1. The molecule has 2 heterocycles. The van der Waals surface area contributed by atoms with Crippen LogP contribution < -0.4 is 19.5 Å². The second kappa shape index (κ2) is 12.3. The van der Waals surface area contributed by atoms with Gasteiger partial charge in [0, 0.05) is 35.3 Å². The summed E-state index contributed by atoms with van der Waals surface area (Å²) in [5.74, 6) is 0.0394. The number of hydrogen-bond donors (Lipinski definition) is 2. The molecule has 8 nitrogen and oxygen atoms in total. The van der Waals surface area contributed by atoms with Crippen molar-refractivity contribution in [3.05, 3.63) is 89.2 Å². The molecule has 2 aromatic heterocycles. The van der Waals surface area contributed by atoms with Crippen molar-refractivity contribution >= 4 is 23.5 Å². The molecule has 0 atom stereocenters. The highest BCUT2D eigenvalue weighted by Crippen LogP contribution is 2.37. The second-order valence-corrected chi connectivity index (χ2v) is 9.15. The van der Waals surface area contributed by atoms with Crippen LogP contribution in [0.3, 0.4) is 0 Å². The lowest BCUT2D eigenvalue weighted by molar-refractivity contribution is 0.102. The topological polar surface area (TPSA) is 109 Å². The molecule has 2 aromatic carbocycles. The number of benzene rings is 2. The molecule has 0 aliphatic rings. The van der Waals surface area contributed by atoms with Crippen LogP contribution in [-0.4, -0.2) is 30.0 Å². The van der Waals surface area contributed by atoms with E-state index < -0.39 is 12.3 Å². The molecular weight excluding hydrogens is 524 g/mol. The zero-order valence-corrected chi connectivity index (χ0v) is 22.0. The molecule has 4 aromatic rings. The van der Waals surface area contributed by atoms with Crippen LogP contribution in [0.25, 0.3) is 11.1 Å². The minimum Gasteiger partial charge on any atom is -0.493 e. The van der Waals surface area contributed by atoms with E-state index in [9.17, 15) is 18.8 Å². The monoisotopic (exact) mass is 547 g/mol. The number of hydrogen-bond acceptors (Lipinski definition) is 8. The van der Waals surface area contributed by atoms with Crippen molar-refractivity contribution in [3.63, 3.8) is 0 Å². The molecule has 1 amide bonds. The smallest absolute Gasteiger partial charge is 0.263 e. The summed E-state index contributed by atoms with van der Waals surface area (Å²) in [6.45, 7) is 1.73. The van der Waals surface area contributed by atoms with Gasteiger partial charge in [0.05, 0.1) is 18.7 Å². The summed E-state index contributed by atoms with van der Waals surface area (Å²) in [5.41, 5.74) is 2.60. The normalized spacial score (nSPS) is 10.7. The Morgan fingerprint density at radius 2 is 1.85 bits per heavy atom. The van der Waals surface area contributed by atoms with Crippen molar-refractivity contribution in [3.8, 4) is 34.6 Å². The quantitative estimate of drug-likeness (QED) is 0.227.